The van der Waals surface area contributed by atoms with Crippen molar-refractivity contribution in [1.82, 2.24) is 0 Å². The second-order valence-electron chi connectivity index (χ2n) is 17.8. The molecule has 5 fully saturated rings. The van der Waals surface area contributed by atoms with Gasteiger partial charge in [-0.2, -0.15) is 0 Å². The van der Waals surface area contributed by atoms with E-state index in [2.05, 4.69) is 5.32 Å². The van der Waals surface area contributed by atoms with Gasteiger partial charge in [-0.25, -0.2) is 0 Å². The Hall–Kier alpha value is -3.47. The molecule has 0 spiro atoms. The van der Waals surface area contributed by atoms with Gasteiger partial charge in [0.15, 0.2) is 0 Å². The number of nitrogens with zero attached hydrogens (tertiary/aromatic N) is 1. The Labute approximate surface area is 338 Å². The highest BCUT2D eigenvalue weighted by Crippen LogP contribution is 2.36. The fraction of sp³-hybridized carbons (Fsp3) is 0.727. The molecule has 11 nitrogen and oxygen atoms in total. The fourth-order valence-electron chi connectivity index (χ4n) is 8.12. The van der Waals surface area contributed by atoms with Crippen LogP contribution in [0.4, 0.5) is 11.4 Å². The van der Waals surface area contributed by atoms with Gasteiger partial charge < -0.3 is 15.2 Å². The van der Waals surface area contributed by atoms with Crippen LogP contribution in [0, 0.1) is 39.7 Å². The number of nitrogens with one attached hydrogen (secondary N) is 1. The van der Waals surface area contributed by atoms with Crippen molar-refractivity contribution in [3.05, 3.63) is 33.9 Å². The molecule has 0 bridgehead atoms. The molecule has 1 aromatic rings. The lowest BCUT2D eigenvalue weighted by Gasteiger charge is -2.28. The Morgan fingerprint density at radius 3 is 1.50 bits per heavy atom. The minimum absolute atomic E-state index is 0.0930. The van der Waals surface area contributed by atoms with Gasteiger partial charge in [-0.3, -0.25) is 34.1 Å². The highest BCUT2D eigenvalue weighted by Gasteiger charge is 2.28. The molecule has 1 amide bonds. The third-order valence-corrected chi connectivity index (χ3v) is 12.0. The molecule has 56 heavy (non-hydrogen) atoms. The van der Waals surface area contributed by atoms with Crippen molar-refractivity contribution in [2.75, 3.05) is 5.32 Å². The van der Waals surface area contributed by atoms with Crippen molar-refractivity contribution >= 4 is 57.4 Å². The van der Waals surface area contributed by atoms with Gasteiger partial charge in [-0.15, -0.1) is 0 Å². The van der Waals surface area contributed by atoms with Gasteiger partial charge in [0.05, 0.1) is 4.92 Å². The first-order valence-electron chi connectivity index (χ1n) is 21.0. The number of aliphatic carboxylic acids is 1. The van der Waals surface area contributed by atoms with Crippen LogP contribution in [0.25, 0.3) is 0 Å². The number of halogens is 1. The van der Waals surface area contributed by atoms with Crippen LogP contribution in [0.15, 0.2) is 18.2 Å². The van der Waals surface area contributed by atoms with E-state index in [1.54, 1.807) is 44.2 Å². The quantitative estimate of drug-likeness (QED) is 0.116. The topological polar surface area (TPSA) is 181 Å². The summed E-state index contributed by atoms with van der Waals surface area (Å²) in [5.74, 6) is 2.83. The molecule has 1 aromatic carbocycles. The first-order chi connectivity index (χ1) is 26.5. The number of carbonyl (C=O) groups excluding carboxylic acids is 6. The molecule has 0 heterocycles. The molecule has 312 valence electrons. The second-order valence-corrected chi connectivity index (χ2v) is 18.2. The van der Waals surface area contributed by atoms with Crippen LogP contribution in [-0.4, -0.2) is 39.4 Å². The minimum Gasteiger partial charge on any atom is -0.550 e. The SMILES string of the molecule is C1CCC(CC2CCCCC2)CC1.CC(C)(C)c1ccc(NC(=O)CCC2CC(=O)C2)c([N+](=O)[O-])c1.O=C(Cl)CCC1CC(=O)C1.O=C([O-])CCC1CC(=O)C1. The van der Waals surface area contributed by atoms with Gasteiger partial charge in [-0.1, -0.05) is 91.0 Å². The first kappa shape index (κ1) is 46.9. The highest BCUT2D eigenvalue weighted by atomic mass is 35.5. The third-order valence-electron chi connectivity index (χ3n) is 11.8. The van der Waals surface area contributed by atoms with Crippen molar-refractivity contribution in [3.63, 3.8) is 0 Å². The van der Waals surface area contributed by atoms with Crippen molar-refractivity contribution in [2.24, 2.45) is 29.6 Å². The monoisotopic (exact) mass is 799 g/mol. The lowest BCUT2D eigenvalue weighted by atomic mass is 9.78. The third kappa shape index (κ3) is 18.2. The summed E-state index contributed by atoms with van der Waals surface area (Å²) in [5.41, 5.74) is 0.766. The summed E-state index contributed by atoms with van der Waals surface area (Å²) in [6.07, 6.45) is 23.3. The first-order valence-corrected chi connectivity index (χ1v) is 21.4. The molecule has 5 aliphatic carbocycles. The van der Waals surface area contributed by atoms with Gasteiger partial charge in [0.2, 0.25) is 11.1 Å². The molecule has 0 unspecified atom stereocenters. The largest absolute Gasteiger partial charge is 0.550 e. The van der Waals surface area contributed by atoms with Crippen molar-refractivity contribution in [1.29, 1.82) is 0 Å². The lowest BCUT2D eigenvalue weighted by molar-refractivity contribution is -0.384. The Kier molecular flexibility index (Phi) is 19.8. The molecule has 0 radical (unpaired) electrons. The van der Waals surface area contributed by atoms with Crippen LogP contribution < -0.4 is 10.4 Å². The molecular formula is C44H64ClN2O9-. The summed E-state index contributed by atoms with van der Waals surface area (Å²) in [4.78, 5) is 74.7. The van der Waals surface area contributed by atoms with Crippen LogP contribution in [0.3, 0.4) is 0 Å². The molecule has 0 aromatic heterocycles. The van der Waals surface area contributed by atoms with Gasteiger partial charge in [0.25, 0.3) is 5.69 Å². The number of hydrogen-bond donors (Lipinski definition) is 1. The zero-order valence-corrected chi connectivity index (χ0v) is 34.6. The Balaban J connectivity index is 0.000000216. The van der Waals surface area contributed by atoms with E-state index in [-0.39, 0.29) is 58.3 Å². The van der Waals surface area contributed by atoms with E-state index in [1.807, 2.05) is 20.8 Å². The predicted molar refractivity (Wildman–Crippen MR) is 215 cm³/mol. The Morgan fingerprint density at radius 2 is 1.12 bits per heavy atom. The zero-order valence-electron chi connectivity index (χ0n) is 33.9. The zero-order chi connectivity index (χ0) is 41.3. The normalized spacial score (nSPS) is 19.3. The number of nitro groups is 1. The van der Waals surface area contributed by atoms with Gasteiger partial charge >= 0.3 is 0 Å². The van der Waals surface area contributed by atoms with E-state index < -0.39 is 10.9 Å². The highest BCUT2D eigenvalue weighted by molar-refractivity contribution is 6.63. The van der Waals surface area contributed by atoms with Crippen molar-refractivity contribution < 1.29 is 38.8 Å². The second kappa shape index (κ2) is 23.7. The van der Waals surface area contributed by atoms with Crippen molar-refractivity contribution in [2.45, 2.75) is 174 Å². The molecular weight excluding hydrogens is 736 g/mol. The maximum absolute atomic E-state index is 12.0. The number of carbonyl (C=O) groups is 6. The summed E-state index contributed by atoms with van der Waals surface area (Å²) in [6, 6.07) is 4.90. The van der Waals surface area contributed by atoms with Gasteiger partial charge in [-0.05, 0) is 90.3 Å². The fourth-order valence-corrected chi connectivity index (χ4v) is 8.23. The Bertz CT molecular complexity index is 1430. The number of Topliss-reactive ketones (excluding diaryl/α,β-unsaturated/α-hetero) is 3. The number of ketones is 3. The minimum atomic E-state index is -1.01. The number of rotatable bonds is 13. The van der Waals surface area contributed by atoms with Crippen molar-refractivity contribution in [3.8, 4) is 0 Å². The maximum atomic E-state index is 12.0. The summed E-state index contributed by atoms with van der Waals surface area (Å²) in [6.45, 7) is 5.93. The van der Waals surface area contributed by atoms with E-state index in [0.717, 1.165) is 23.8 Å². The van der Waals surface area contributed by atoms with Crippen LogP contribution in [0.1, 0.15) is 174 Å². The number of carboxylic acid groups (broad SMARTS) is 1. The molecule has 0 atom stereocenters. The number of amides is 1. The molecule has 5 aliphatic rings. The van der Waals surface area contributed by atoms with Crippen LogP contribution in [-0.2, 0) is 34.2 Å². The average Bonchev–Trinajstić information content (AvgIpc) is 3.10. The maximum Gasteiger partial charge on any atom is 0.293 e. The molecule has 5 saturated carbocycles. The summed E-state index contributed by atoms with van der Waals surface area (Å²) in [7, 11) is 0. The van der Waals surface area contributed by atoms with E-state index in [0.29, 0.717) is 75.4 Å². The number of nitro benzene ring substituents is 1. The summed E-state index contributed by atoms with van der Waals surface area (Å²) in [5, 5.41) is 23.5. The molecule has 0 aliphatic heterocycles. The molecule has 0 saturated heterocycles. The summed E-state index contributed by atoms with van der Waals surface area (Å²) < 4.78 is 0. The molecule has 12 heteroatoms. The van der Waals surface area contributed by atoms with Crippen LogP contribution in [0.5, 0.6) is 0 Å². The molecule has 6 rings (SSSR count). The smallest absolute Gasteiger partial charge is 0.293 e. The number of anilines is 1. The predicted octanol–water partition coefficient (Wildman–Crippen LogP) is 9.13. The van der Waals surface area contributed by atoms with Crippen LogP contribution in [0.2, 0.25) is 0 Å². The van der Waals surface area contributed by atoms with Crippen LogP contribution >= 0.6 is 11.6 Å². The Morgan fingerprint density at radius 1 is 0.696 bits per heavy atom. The summed E-state index contributed by atoms with van der Waals surface area (Å²) >= 11 is 5.12. The number of carboxylic acids is 1. The van der Waals surface area contributed by atoms with Gasteiger partial charge in [0.1, 0.15) is 23.0 Å². The van der Waals surface area contributed by atoms with E-state index >= 15 is 0 Å². The lowest BCUT2D eigenvalue weighted by Crippen LogP contribution is -2.27. The van der Waals surface area contributed by atoms with Gasteiger partial charge in [0, 0.05) is 63.4 Å². The number of hydrogen-bond acceptors (Lipinski definition) is 9. The van der Waals surface area contributed by atoms with E-state index in [1.165, 1.54) is 44.6 Å². The average molecular weight is 800 g/mol. The number of benzene rings is 1. The van der Waals surface area contributed by atoms with E-state index in [4.69, 9.17) is 11.6 Å². The van der Waals surface area contributed by atoms with E-state index in [9.17, 15) is 44.0 Å². The molecule has 1 N–H and O–H groups in total. The standard InChI is InChI=1S/C17H22N2O4.C13H24.C7H9ClO2.C7H10O3/c1-17(2,3)12-5-6-14(15(10-12)19(22)23)18-16(21)7-4-11-8-13(20)9-11;1-3-7-12(8-4-1)11-13-9-5-2-6-10-13;8-7(10)2-1-5-3-6(9)4-5;8-6-3-5(4-6)1-2-7(9)10/h5-6,10-11H,4,7-9H2,1-3H3,(H,18,21);12-13H,1-11H2;5H,1-4H2;5H,1-4H2,(H,9,10)/p-1.